The third kappa shape index (κ3) is 18.5. The first-order valence-electron chi connectivity index (χ1n) is 30.3. The van der Waals surface area contributed by atoms with E-state index in [1.807, 2.05) is 72.0 Å². The number of piperidine rings is 1. The van der Waals surface area contributed by atoms with E-state index in [0.717, 1.165) is 24.1 Å². The molecule has 0 radical (unpaired) electrons. The van der Waals surface area contributed by atoms with Crippen molar-refractivity contribution in [2.75, 3.05) is 45.7 Å². The minimum Gasteiger partial charge on any atom is -0.481 e. The fraction of sp³-hybridized carbons (Fsp3) is 0.581. The molecule has 6 rings (SSSR count). The molecule has 11 N–H and O–H groups in total. The van der Waals surface area contributed by atoms with Gasteiger partial charge in [0.15, 0.2) is 12.1 Å². The van der Waals surface area contributed by atoms with E-state index in [2.05, 4.69) is 21.3 Å². The second kappa shape index (κ2) is 32.5. The first-order valence-corrected chi connectivity index (χ1v) is 31.2. The van der Waals surface area contributed by atoms with Crippen molar-refractivity contribution in [1.82, 2.24) is 30.7 Å². The van der Waals surface area contributed by atoms with Gasteiger partial charge in [-0.25, -0.2) is 9.78 Å². The van der Waals surface area contributed by atoms with Crippen LogP contribution in [0.25, 0.3) is 0 Å². The lowest BCUT2D eigenvalue weighted by Crippen LogP contribution is -2.63. The molecule has 0 aliphatic carbocycles. The number of anilines is 1. The molecule has 2 saturated heterocycles. The Morgan fingerprint density at radius 1 is 0.910 bits per heavy atom. The van der Waals surface area contributed by atoms with E-state index in [1.165, 1.54) is 17.4 Å². The number of nitrogens with zero attached hydrogens (tertiary/aromatic N) is 4. The lowest BCUT2D eigenvalue weighted by molar-refractivity contribution is -0.942. The lowest BCUT2D eigenvalue weighted by Gasteiger charge is -2.44. The average Bonchev–Trinajstić information content (AvgIpc) is 1.95. The first kappa shape index (κ1) is 70.8. The van der Waals surface area contributed by atoms with Gasteiger partial charge in [0, 0.05) is 81.2 Å². The van der Waals surface area contributed by atoms with Crippen LogP contribution in [0.1, 0.15) is 126 Å². The summed E-state index contributed by atoms with van der Waals surface area (Å²) in [7, 11) is 3.63. The molecular formula is C62H88N9O17S+. The van der Waals surface area contributed by atoms with Crippen molar-refractivity contribution in [3.05, 3.63) is 87.9 Å². The summed E-state index contributed by atoms with van der Waals surface area (Å²) in [5.74, 6) is -7.94. The van der Waals surface area contributed by atoms with Crippen LogP contribution in [0.15, 0.2) is 66.1 Å². The largest absolute Gasteiger partial charge is 0.481 e. The molecule has 2 unspecified atom stereocenters. The number of ether oxygens (including phenoxy) is 3. The number of benzene rings is 2. The standard InChI is InChI=1S/C62H87N9O17S/c1-9-26-86-46(58-67-41(33-89-58)55(78)65-39(27-36(6)60(82)83)28-37-16-12-11-13-17-37)30-42(34(3)4)69(7)59(81)50(35(5)10-2)68-57(80)44-18-14-15-25-71(44,8)32-38-19-20-45(87-62-53(77)51(75)52(76)54(88-62)61(84)85)40(29-38)66-47(72)23-24-64-56(79)43(31-63)70-48(73)21-22-49(70)74/h11-13,16-17,19-22,29,33-36,39,42-44,46,50-54,62,75-77H,9-10,14-15,18,23-28,30-32,63H2,1-8H3,(H5-,64,65,66,68,72,78,79,80,82,83,84,85)/p+1/t35-,36-,39+,42+,43?,44+,46+,50-,51-,52-,53+,54-,62+,71?/m0/s1. The van der Waals surface area contributed by atoms with Crippen LogP contribution in [-0.4, -0.2) is 199 Å². The van der Waals surface area contributed by atoms with E-state index in [-0.39, 0.29) is 71.2 Å². The molecule has 2 aromatic carbocycles. The number of quaternary nitrogens is 1. The minimum absolute atomic E-state index is 0.0217. The highest BCUT2D eigenvalue weighted by Crippen LogP contribution is 2.35. The molecule has 488 valence electrons. The van der Waals surface area contributed by atoms with E-state index >= 15 is 4.79 Å². The number of carbonyl (C=O) groups is 9. The van der Waals surface area contributed by atoms with Gasteiger partial charge in [0.2, 0.25) is 24.0 Å². The monoisotopic (exact) mass is 1260 g/mol. The third-order valence-electron chi connectivity index (χ3n) is 16.8. The Morgan fingerprint density at radius 3 is 2.24 bits per heavy atom. The number of carboxylic acid groups (broad SMARTS) is 2. The van der Waals surface area contributed by atoms with Crippen molar-refractivity contribution < 1.29 is 87.4 Å². The highest BCUT2D eigenvalue weighted by Gasteiger charge is 2.49. The Morgan fingerprint density at radius 2 is 1.61 bits per heavy atom. The normalized spacial score (nSPS) is 23.3. The van der Waals surface area contributed by atoms with Crippen LogP contribution >= 0.6 is 11.3 Å². The molecular weight excluding hydrogens is 1170 g/mol. The fourth-order valence-electron chi connectivity index (χ4n) is 11.5. The van der Waals surface area contributed by atoms with E-state index < -0.39 is 121 Å². The smallest absolute Gasteiger partial charge is 0.335 e. The maximum Gasteiger partial charge on any atom is 0.335 e. The molecule has 3 aliphatic rings. The van der Waals surface area contributed by atoms with Gasteiger partial charge in [0.05, 0.1) is 25.2 Å². The number of likely N-dealkylation sites (N-methyl/N-ethyl adjacent to an activating group) is 2. The zero-order valence-corrected chi connectivity index (χ0v) is 52.6. The summed E-state index contributed by atoms with van der Waals surface area (Å²) >= 11 is 1.26. The van der Waals surface area contributed by atoms with Crippen LogP contribution in [0.5, 0.6) is 5.75 Å². The van der Waals surface area contributed by atoms with Gasteiger partial charge >= 0.3 is 11.9 Å². The summed E-state index contributed by atoms with van der Waals surface area (Å²) in [5, 5.41) is 64.8. The highest BCUT2D eigenvalue weighted by atomic mass is 32.1. The summed E-state index contributed by atoms with van der Waals surface area (Å²) < 4.78 is 17.9. The van der Waals surface area contributed by atoms with Crippen LogP contribution in [0.2, 0.25) is 0 Å². The number of aliphatic carboxylic acids is 2. The molecule has 1 aromatic heterocycles. The van der Waals surface area contributed by atoms with Crippen molar-refractivity contribution >= 4 is 70.3 Å². The molecule has 3 aliphatic heterocycles. The molecule has 26 nitrogen and oxygen atoms in total. The quantitative estimate of drug-likeness (QED) is 0.0317. The molecule has 89 heavy (non-hydrogen) atoms. The predicted octanol–water partition coefficient (Wildman–Crippen LogP) is 2.63. The number of hydrogen-bond acceptors (Lipinski definition) is 18. The van der Waals surface area contributed by atoms with Gasteiger partial charge in [-0.1, -0.05) is 78.3 Å². The van der Waals surface area contributed by atoms with E-state index in [4.69, 9.17) is 24.9 Å². The summed E-state index contributed by atoms with van der Waals surface area (Å²) in [4.78, 5) is 126. The minimum atomic E-state index is -2.02. The predicted molar refractivity (Wildman–Crippen MR) is 325 cm³/mol. The summed E-state index contributed by atoms with van der Waals surface area (Å²) in [6.45, 7) is 11.8. The van der Waals surface area contributed by atoms with Gasteiger partial charge in [0.25, 0.3) is 23.6 Å². The second-order valence-electron chi connectivity index (χ2n) is 23.9. The van der Waals surface area contributed by atoms with Crippen molar-refractivity contribution in [3.63, 3.8) is 0 Å². The molecule has 0 bridgehead atoms. The van der Waals surface area contributed by atoms with Crippen LogP contribution in [0.4, 0.5) is 5.69 Å². The molecule has 4 heterocycles. The van der Waals surface area contributed by atoms with Gasteiger partial charge in [-0.15, -0.1) is 11.3 Å². The Labute approximate surface area is 522 Å². The maximum atomic E-state index is 15.0. The number of aromatic nitrogens is 1. The van der Waals surface area contributed by atoms with E-state index in [9.17, 15) is 63.9 Å². The number of aliphatic hydroxyl groups is 3. The maximum absolute atomic E-state index is 15.0. The van der Waals surface area contributed by atoms with Crippen LogP contribution < -0.4 is 31.7 Å². The number of nitrogens with two attached hydrogens (primary N) is 1. The topological polar surface area (TPSA) is 376 Å². The molecule has 27 heteroatoms. The second-order valence-corrected chi connectivity index (χ2v) is 24.8. The number of carbonyl (C=O) groups excluding carboxylic acids is 7. The van der Waals surface area contributed by atoms with Crippen LogP contribution in [0, 0.1) is 17.8 Å². The summed E-state index contributed by atoms with van der Waals surface area (Å²) in [5.41, 5.74) is 7.40. The Kier molecular flexibility index (Phi) is 25.9. The number of rotatable bonds is 32. The zero-order valence-electron chi connectivity index (χ0n) is 51.7. The number of carboxylic acids is 2. The Balaban J connectivity index is 1.20. The highest BCUT2D eigenvalue weighted by molar-refractivity contribution is 7.09. The van der Waals surface area contributed by atoms with Crippen molar-refractivity contribution in [3.8, 4) is 5.75 Å². The molecule has 7 amide bonds. The van der Waals surface area contributed by atoms with E-state index in [0.29, 0.717) is 67.1 Å². The van der Waals surface area contributed by atoms with Crippen molar-refractivity contribution in [1.29, 1.82) is 0 Å². The van der Waals surface area contributed by atoms with Crippen LogP contribution in [0.3, 0.4) is 0 Å². The van der Waals surface area contributed by atoms with Gasteiger partial charge in [-0.3, -0.25) is 43.3 Å². The molecule has 14 atom stereocenters. The van der Waals surface area contributed by atoms with Gasteiger partial charge in [0.1, 0.15) is 59.5 Å². The summed E-state index contributed by atoms with van der Waals surface area (Å²) in [6, 6.07) is 10.2. The number of likely N-dealkylation sites (tertiary alicyclic amines) is 1. The van der Waals surface area contributed by atoms with Gasteiger partial charge in [-0.05, 0) is 67.7 Å². The number of imide groups is 1. The van der Waals surface area contributed by atoms with Gasteiger partial charge < -0.3 is 76.1 Å². The SMILES string of the molecule is CCCO[C@H](C[C@H](C(C)C)N(C)C(=O)[C@@H](NC(=O)[C@H]1CCCC[N+]1(C)Cc1ccc(O[C@@H]2O[C@H](C(=O)O)[C@@H](O)[C@H](O)[C@H]2O)c(NC(=O)CCNC(=O)C(CN)N2C(=O)C=CC2=O)c1)[C@@H](C)CC)c1nc(C(=O)N[C@@H](Cc2ccccc2)C[C@H](C)C(=O)O)cs1. The van der Waals surface area contributed by atoms with Crippen LogP contribution in [-0.2, 0) is 60.8 Å². The van der Waals surface area contributed by atoms with Crippen molar-refractivity contribution in [2.45, 2.75) is 173 Å². The number of hydrogen-bond donors (Lipinski definition) is 10. The molecule has 3 aromatic rings. The average molecular weight is 1260 g/mol. The number of nitrogens with one attached hydrogen (secondary N) is 4. The van der Waals surface area contributed by atoms with E-state index in [1.54, 1.807) is 36.4 Å². The zero-order chi connectivity index (χ0) is 65.4. The van der Waals surface area contributed by atoms with Crippen molar-refractivity contribution in [2.24, 2.45) is 23.5 Å². The molecule has 0 saturated carbocycles. The Bertz CT molecular complexity index is 2980. The lowest BCUT2D eigenvalue weighted by atomic mass is 9.92. The summed E-state index contributed by atoms with van der Waals surface area (Å²) in [6.07, 6.45) is -4.74. The van der Waals surface area contributed by atoms with Gasteiger partial charge in [-0.2, -0.15) is 0 Å². The number of thiazole rings is 1. The first-order chi connectivity index (χ1) is 42.2. The Hall–Kier alpha value is -7.24. The molecule has 0 spiro atoms. The number of amides is 7. The molecule has 2 fully saturated rings. The number of aliphatic hydroxyl groups excluding tert-OH is 3. The fourth-order valence-corrected chi connectivity index (χ4v) is 12.3. The third-order valence-corrected chi connectivity index (χ3v) is 17.8.